The van der Waals surface area contributed by atoms with E-state index in [9.17, 15) is 14.4 Å². The molecule has 0 atom stereocenters. The number of Topliss-reactive ketones (excluding diaryl/α,β-unsaturated/α-hetero) is 1. The molecule has 112 valence electrons. The van der Waals surface area contributed by atoms with Gasteiger partial charge in [-0.1, -0.05) is 0 Å². The van der Waals surface area contributed by atoms with Crippen molar-refractivity contribution in [3.05, 3.63) is 65.2 Å². The van der Waals surface area contributed by atoms with Crippen LogP contribution in [-0.2, 0) is 0 Å². The number of pyridine rings is 1. The quantitative estimate of drug-likeness (QED) is 0.441. The number of anilines is 1. The third-order valence-electron chi connectivity index (χ3n) is 3.37. The van der Waals surface area contributed by atoms with Crippen LogP contribution in [0.25, 0.3) is 17.0 Å². The highest BCUT2D eigenvalue weighted by Gasteiger charge is 2.17. The van der Waals surface area contributed by atoms with Gasteiger partial charge in [-0.3, -0.25) is 4.79 Å². The summed E-state index contributed by atoms with van der Waals surface area (Å²) in [4.78, 5) is 19.3. The maximum Gasteiger partial charge on any atom is 0.205 e. The zero-order chi connectivity index (χ0) is 16.4. The highest BCUT2D eigenvalue weighted by molar-refractivity contribution is 6.19. The van der Waals surface area contributed by atoms with E-state index in [0.29, 0.717) is 27.8 Å². The molecule has 3 rings (SSSR count). The zero-order valence-electron chi connectivity index (χ0n) is 11.9. The molecule has 2 aromatic heterocycles. The Labute approximate surface area is 130 Å². The minimum Gasteiger partial charge on any atom is -0.384 e. The molecule has 3 N–H and O–H groups in total. The first-order valence-corrected chi connectivity index (χ1v) is 6.73. The largest absolute Gasteiger partial charge is 0.384 e. The van der Waals surface area contributed by atoms with Crippen molar-refractivity contribution >= 4 is 28.6 Å². The summed E-state index contributed by atoms with van der Waals surface area (Å²) in [6.07, 6.45) is 4.39. The number of allylic oxidation sites excluding steroid dienone is 1. The van der Waals surface area contributed by atoms with Crippen molar-refractivity contribution in [2.24, 2.45) is 0 Å². The third-order valence-corrected chi connectivity index (χ3v) is 3.37. The van der Waals surface area contributed by atoms with Crippen molar-refractivity contribution in [2.75, 3.05) is 5.73 Å². The summed E-state index contributed by atoms with van der Waals surface area (Å²) in [5, 5.41) is 9.84. The zero-order valence-corrected chi connectivity index (χ0v) is 11.9. The number of benzene rings is 1. The fraction of sp³-hybridized carbons (Fsp3) is 0. The van der Waals surface area contributed by atoms with E-state index < -0.39 is 11.6 Å². The molecule has 2 heterocycles. The van der Waals surface area contributed by atoms with Gasteiger partial charge in [0.15, 0.2) is 0 Å². The van der Waals surface area contributed by atoms with Crippen LogP contribution >= 0.6 is 0 Å². The maximum atomic E-state index is 13.2. The van der Waals surface area contributed by atoms with Crippen LogP contribution in [0.3, 0.4) is 0 Å². The number of hydrogen-bond donors (Lipinski definition) is 2. The number of fused-ring (bicyclic) bond motifs is 1. The Morgan fingerprint density at radius 3 is 2.87 bits per heavy atom. The van der Waals surface area contributed by atoms with Crippen LogP contribution in [0.2, 0.25) is 0 Å². The Bertz CT molecular complexity index is 964. The van der Waals surface area contributed by atoms with E-state index in [0.717, 1.165) is 0 Å². The third kappa shape index (κ3) is 2.80. The van der Waals surface area contributed by atoms with Crippen molar-refractivity contribution in [2.45, 2.75) is 0 Å². The van der Waals surface area contributed by atoms with Gasteiger partial charge >= 0.3 is 0 Å². The number of nitrogens with two attached hydrogens (primary N) is 1. The summed E-state index contributed by atoms with van der Waals surface area (Å²) in [5.41, 5.74) is 6.87. The van der Waals surface area contributed by atoms with Gasteiger partial charge in [0, 0.05) is 28.9 Å². The van der Waals surface area contributed by atoms with Crippen molar-refractivity contribution in [3.63, 3.8) is 0 Å². The van der Waals surface area contributed by atoms with Crippen LogP contribution in [0, 0.1) is 17.1 Å². The highest BCUT2D eigenvalue weighted by Crippen LogP contribution is 2.22. The van der Waals surface area contributed by atoms with Gasteiger partial charge in [-0.25, -0.2) is 9.37 Å². The van der Waals surface area contributed by atoms with Gasteiger partial charge in [0.1, 0.15) is 23.3 Å². The van der Waals surface area contributed by atoms with E-state index in [1.165, 1.54) is 36.7 Å². The first-order valence-electron chi connectivity index (χ1n) is 6.73. The minimum atomic E-state index is -0.442. The molecule has 0 aliphatic carbocycles. The van der Waals surface area contributed by atoms with Gasteiger partial charge in [0.05, 0.1) is 0 Å². The first-order chi connectivity index (χ1) is 11.1. The van der Waals surface area contributed by atoms with Crippen LogP contribution in [0.5, 0.6) is 0 Å². The number of nitrogen functional groups attached to an aromatic ring is 1. The standard InChI is InChI=1S/C17H11FN4O/c18-12-2-3-13-14(9-21-15(13)6-12)17(23)11(7-19)5-10-1-4-16(20)22-8-10/h1-6,8-9,21H,(H2,20,22)/b11-5+. The molecule has 0 saturated heterocycles. The van der Waals surface area contributed by atoms with Gasteiger partial charge in [0.25, 0.3) is 0 Å². The second-order valence-electron chi connectivity index (χ2n) is 4.91. The van der Waals surface area contributed by atoms with Crippen molar-refractivity contribution in [3.8, 4) is 6.07 Å². The molecule has 0 fully saturated rings. The average molecular weight is 306 g/mol. The predicted molar refractivity (Wildman–Crippen MR) is 84.8 cm³/mol. The molecule has 23 heavy (non-hydrogen) atoms. The summed E-state index contributed by atoms with van der Waals surface area (Å²) >= 11 is 0. The molecule has 6 heteroatoms. The van der Waals surface area contributed by atoms with Gasteiger partial charge in [0.2, 0.25) is 5.78 Å². The Balaban J connectivity index is 2.02. The predicted octanol–water partition coefficient (Wildman–Crippen LogP) is 3.07. The fourth-order valence-electron chi connectivity index (χ4n) is 2.25. The number of nitrogens with zero attached hydrogens (tertiary/aromatic N) is 2. The highest BCUT2D eigenvalue weighted by atomic mass is 19.1. The molecule has 0 radical (unpaired) electrons. The van der Waals surface area contributed by atoms with Crippen molar-refractivity contribution in [1.29, 1.82) is 5.26 Å². The number of nitrogens with one attached hydrogen (secondary N) is 1. The molecular formula is C17H11FN4O. The monoisotopic (exact) mass is 306 g/mol. The molecule has 0 amide bonds. The number of nitriles is 1. The Hall–Kier alpha value is -3.46. The van der Waals surface area contributed by atoms with E-state index in [1.54, 1.807) is 12.1 Å². The second-order valence-corrected chi connectivity index (χ2v) is 4.91. The number of ketones is 1. The first kappa shape index (κ1) is 14.5. The topological polar surface area (TPSA) is 95.6 Å². The summed E-state index contributed by atoms with van der Waals surface area (Å²) in [6, 6.07) is 9.22. The van der Waals surface area contributed by atoms with Gasteiger partial charge in [-0.05, 0) is 42.0 Å². The molecule has 0 aliphatic heterocycles. The number of halogens is 1. The number of rotatable bonds is 3. The van der Waals surface area contributed by atoms with E-state index in [-0.39, 0.29) is 5.57 Å². The van der Waals surface area contributed by atoms with Crippen LogP contribution in [-0.4, -0.2) is 15.8 Å². The number of aromatic amines is 1. The van der Waals surface area contributed by atoms with Gasteiger partial charge in [-0.15, -0.1) is 0 Å². The number of H-pyrrole nitrogens is 1. The van der Waals surface area contributed by atoms with E-state index in [2.05, 4.69) is 9.97 Å². The Kier molecular flexibility index (Phi) is 3.61. The lowest BCUT2D eigenvalue weighted by Gasteiger charge is -1.99. The lowest BCUT2D eigenvalue weighted by Crippen LogP contribution is -2.01. The number of aromatic nitrogens is 2. The van der Waals surface area contributed by atoms with E-state index in [1.807, 2.05) is 6.07 Å². The van der Waals surface area contributed by atoms with Gasteiger partial charge < -0.3 is 10.7 Å². The Morgan fingerprint density at radius 1 is 1.35 bits per heavy atom. The Morgan fingerprint density at radius 2 is 2.17 bits per heavy atom. The molecular weight excluding hydrogens is 295 g/mol. The smallest absolute Gasteiger partial charge is 0.205 e. The number of carbonyl (C=O) groups excluding carboxylic acids is 1. The normalized spacial score (nSPS) is 11.4. The SMILES string of the molecule is N#C/C(=C\c1ccc(N)nc1)C(=O)c1c[nH]c2cc(F)ccc12. The van der Waals surface area contributed by atoms with E-state index in [4.69, 9.17) is 5.73 Å². The molecule has 0 unspecified atom stereocenters. The summed E-state index contributed by atoms with van der Waals surface area (Å²) < 4.78 is 13.2. The van der Waals surface area contributed by atoms with Crippen LogP contribution in [0.1, 0.15) is 15.9 Å². The molecule has 0 saturated carbocycles. The fourth-order valence-corrected chi connectivity index (χ4v) is 2.25. The number of carbonyl (C=O) groups is 1. The summed E-state index contributed by atoms with van der Waals surface area (Å²) in [5.74, 6) is -0.491. The molecule has 3 aromatic rings. The summed E-state index contributed by atoms with van der Waals surface area (Å²) in [6.45, 7) is 0. The maximum absolute atomic E-state index is 13.2. The lowest BCUT2D eigenvalue weighted by molar-refractivity contribution is 0.104. The lowest BCUT2D eigenvalue weighted by atomic mass is 10.0. The van der Waals surface area contributed by atoms with E-state index >= 15 is 0 Å². The van der Waals surface area contributed by atoms with Crippen molar-refractivity contribution < 1.29 is 9.18 Å². The molecule has 0 spiro atoms. The summed E-state index contributed by atoms with van der Waals surface area (Å²) in [7, 11) is 0. The van der Waals surface area contributed by atoms with Crippen LogP contribution in [0.15, 0.2) is 48.3 Å². The number of hydrogen-bond acceptors (Lipinski definition) is 4. The van der Waals surface area contributed by atoms with Crippen molar-refractivity contribution in [1.82, 2.24) is 9.97 Å². The molecule has 5 nitrogen and oxygen atoms in total. The molecule has 0 bridgehead atoms. The minimum absolute atomic E-state index is 0.0400. The van der Waals surface area contributed by atoms with Gasteiger partial charge in [-0.2, -0.15) is 5.26 Å². The van der Waals surface area contributed by atoms with Crippen LogP contribution in [0.4, 0.5) is 10.2 Å². The second kappa shape index (κ2) is 5.73. The van der Waals surface area contributed by atoms with Crippen LogP contribution < -0.4 is 5.73 Å². The average Bonchev–Trinajstić information content (AvgIpc) is 2.96. The molecule has 1 aromatic carbocycles. The molecule has 0 aliphatic rings.